The minimum Gasteiger partial charge on any atom is -0.322 e. The van der Waals surface area contributed by atoms with Gasteiger partial charge in [-0.25, -0.2) is 0 Å². The Bertz CT molecular complexity index is 625. The second-order valence-corrected chi connectivity index (χ2v) is 5.99. The number of rotatable bonds is 3. The first-order chi connectivity index (χ1) is 10.7. The van der Waals surface area contributed by atoms with E-state index in [1.165, 1.54) is 18.4 Å². The van der Waals surface area contributed by atoms with Crippen LogP contribution in [0.3, 0.4) is 0 Å². The van der Waals surface area contributed by atoms with Crippen LogP contribution in [0.5, 0.6) is 0 Å². The number of amides is 1. The van der Waals surface area contributed by atoms with E-state index in [-0.39, 0.29) is 5.91 Å². The van der Waals surface area contributed by atoms with Gasteiger partial charge in [-0.1, -0.05) is 29.8 Å². The number of carbonyl (C=O) groups is 1. The normalized spacial score (nSPS) is 18.0. The fraction of sp³-hybridized carbons (Fsp3) is 0.316. The molecule has 3 heteroatoms. The lowest BCUT2D eigenvalue weighted by Gasteiger charge is -2.23. The first-order valence-corrected chi connectivity index (χ1v) is 7.91. The third kappa shape index (κ3) is 3.55. The summed E-state index contributed by atoms with van der Waals surface area (Å²) in [6.07, 6.45) is 2.47. The zero-order chi connectivity index (χ0) is 15.4. The number of hydrogen-bond acceptors (Lipinski definition) is 2. The van der Waals surface area contributed by atoms with E-state index in [0.29, 0.717) is 11.5 Å². The number of piperidine rings is 1. The van der Waals surface area contributed by atoms with E-state index in [1.807, 2.05) is 43.3 Å². The molecular weight excluding hydrogens is 272 g/mol. The number of carbonyl (C=O) groups excluding carboxylic acids is 1. The molecule has 0 aliphatic carbocycles. The van der Waals surface area contributed by atoms with Crippen LogP contribution in [0.1, 0.15) is 40.2 Å². The standard InChI is InChI=1S/C19H22N2O/c1-14-4-6-16(7-5-14)19(22)21-18-10-8-15(9-11-18)17-3-2-12-20-13-17/h4-11,17,20H,2-3,12-13H2,1H3,(H,21,22). The molecule has 1 amide bonds. The van der Waals surface area contributed by atoms with E-state index in [1.54, 1.807) is 0 Å². The van der Waals surface area contributed by atoms with Crippen molar-refractivity contribution in [2.24, 2.45) is 0 Å². The Morgan fingerprint density at radius 3 is 2.45 bits per heavy atom. The van der Waals surface area contributed by atoms with Gasteiger partial charge in [0.1, 0.15) is 0 Å². The van der Waals surface area contributed by atoms with Crippen molar-refractivity contribution in [1.29, 1.82) is 0 Å². The van der Waals surface area contributed by atoms with Gasteiger partial charge in [-0.3, -0.25) is 4.79 Å². The minimum absolute atomic E-state index is 0.0629. The van der Waals surface area contributed by atoms with Gasteiger partial charge in [0.15, 0.2) is 0 Å². The predicted octanol–water partition coefficient (Wildman–Crippen LogP) is 3.71. The van der Waals surface area contributed by atoms with Crippen molar-refractivity contribution < 1.29 is 4.79 Å². The van der Waals surface area contributed by atoms with Crippen molar-refractivity contribution in [3.8, 4) is 0 Å². The summed E-state index contributed by atoms with van der Waals surface area (Å²) in [5.41, 5.74) is 4.03. The summed E-state index contributed by atoms with van der Waals surface area (Å²) in [4.78, 5) is 12.2. The van der Waals surface area contributed by atoms with Gasteiger partial charge < -0.3 is 10.6 Å². The van der Waals surface area contributed by atoms with Crippen molar-refractivity contribution in [3.63, 3.8) is 0 Å². The van der Waals surface area contributed by atoms with Crippen LogP contribution in [0.2, 0.25) is 0 Å². The van der Waals surface area contributed by atoms with Crippen molar-refractivity contribution in [2.45, 2.75) is 25.7 Å². The first-order valence-electron chi connectivity index (χ1n) is 7.91. The molecule has 0 radical (unpaired) electrons. The second-order valence-electron chi connectivity index (χ2n) is 5.99. The lowest BCUT2D eigenvalue weighted by molar-refractivity contribution is 0.102. The molecule has 1 saturated heterocycles. The predicted molar refractivity (Wildman–Crippen MR) is 90.4 cm³/mol. The van der Waals surface area contributed by atoms with Crippen molar-refractivity contribution in [1.82, 2.24) is 5.32 Å². The summed E-state index contributed by atoms with van der Waals surface area (Å²) in [6, 6.07) is 15.9. The van der Waals surface area contributed by atoms with Crippen LogP contribution < -0.4 is 10.6 Å². The van der Waals surface area contributed by atoms with Crippen LogP contribution in [-0.4, -0.2) is 19.0 Å². The highest BCUT2D eigenvalue weighted by molar-refractivity contribution is 6.04. The summed E-state index contributed by atoms with van der Waals surface area (Å²) < 4.78 is 0. The van der Waals surface area contributed by atoms with Gasteiger partial charge in [-0.2, -0.15) is 0 Å². The van der Waals surface area contributed by atoms with Crippen molar-refractivity contribution in [2.75, 3.05) is 18.4 Å². The smallest absolute Gasteiger partial charge is 0.255 e. The molecule has 0 aromatic heterocycles. The lowest BCUT2D eigenvalue weighted by Crippen LogP contribution is -2.28. The van der Waals surface area contributed by atoms with E-state index in [0.717, 1.165) is 24.3 Å². The molecule has 114 valence electrons. The van der Waals surface area contributed by atoms with E-state index >= 15 is 0 Å². The highest BCUT2D eigenvalue weighted by Crippen LogP contribution is 2.24. The SMILES string of the molecule is Cc1ccc(C(=O)Nc2ccc(C3CCCNC3)cc2)cc1. The fourth-order valence-electron chi connectivity index (χ4n) is 2.88. The Morgan fingerprint density at radius 2 is 1.82 bits per heavy atom. The number of aryl methyl sites for hydroxylation is 1. The molecule has 3 rings (SSSR count). The Kier molecular flexibility index (Phi) is 4.54. The van der Waals surface area contributed by atoms with Gasteiger partial charge in [0.2, 0.25) is 0 Å². The molecule has 1 unspecified atom stereocenters. The molecule has 0 saturated carbocycles. The van der Waals surface area contributed by atoms with Gasteiger partial charge in [0.05, 0.1) is 0 Å². The van der Waals surface area contributed by atoms with Crippen LogP contribution in [-0.2, 0) is 0 Å². The molecule has 0 spiro atoms. The molecule has 2 aromatic rings. The average molecular weight is 294 g/mol. The first kappa shape index (κ1) is 14.8. The lowest BCUT2D eigenvalue weighted by atomic mass is 9.91. The highest BCUT2D eigenvalue weighted by atomic mass is 16.1. The summed E-state index contributed by atoms with van der Waals surface area (Å²) in [5, 5.41) is 6.39. The highest BCUT2D eigenvalue weighted by Gasteiger charge is 2.15. The zero-order valence-corrected chi connectivity index (χ0v) is 12.9. The summed E-state index contributed by atoms with van der Waals surface area (Å²) in [5.74, 6) is 0.530. The average Bonchev–Trinajstić information content (AvgIpc) is 2.57. The molecular formula is C19H22N2O. The largest absolute Gasteiger partial charge is 0.322 e. The summed E-state index contributed by atoms with van der Waals surface area (Å²) in [6.45, 7) is 4.19. The third-order valence-corrected chi connectivity index (χ3v) is 4.25. The van der Waals surface area contributed by atoms with Gasteiger partial charge in [0.25, 0.3) is 5.91 Å². The van der Waals surface area contributed by atoms with Gasteiger partial charge in [-0.05, 0) is 62.1 Å². The molecule has 1 heterocycles. The van der Waals surface area contributed by atoms with E-state index in [4.69, 9.17) is 0 Å². The van der Waals surface area contributed by atoms with Crippen LogP contribution in [0, 0.1) is 6.92 Å². The third-order valence-electron chi connectivity index (χ3n) is 4.25. The Hall–Kier alpha value is -2.13. The van der Waals surface area contributed by atoms with E-state index < -0.39 is 0 Å². The number of hydrogen-bond donors (Lipinski definition) is 2. The summed E-state index contributed by atoms with van der Waals surface area (Å²) >= 11 is 0. The van der Waals surface area contributed by atoms with E-state index in [9.17, 15) is 4.79 Å². The van der Waals surface area contributed by atoms with Gasteiger partial charge in [0, 0.05) is 17.8 Å². The van der Waals surface area contributed by atoms with Crippen LogP contribution in [0.4, 0.5) is 5.69 Å². The van der Waals surface area contributed by atoms with Crippen molar-refractivity contribution in [3.05, 3.63) is 65.2 Å². The monoisotopic (exact) mass is 294 g/mol. The van der Waals surface area contributed by atoms with Crippen LogP contribution >= 0.6 is 0 Å². The second kappa shape index (κ2) is 6.75. The van der Waals surface area contributed by atoms with Gasteiger partial charge in [-0.15, -0.1) is 0 Å². The molecule has 1 aliphatic rings. The maximum Gasteiger partial charge on any atom is 0.255 e. The van der Waals surface area contributed by atoms with Crippen LogP contribution in [0.25, 0.3) is 0 Å². The topological polar surface area (TPSA) is 41.1 Å². The molecule has 22 heavy (non-hydrogen) atoms. The Labute approximate surface area is 131 Å². The summed E-state index contributed by atoms with van der Waals surface area (Å²) in [7, 11) is 0. The van der Waals surface area contributed by atoms with Gasteiger partial charge >= 0.3 is 0 Å². The quantitative estimate of drug-likeness (QED) is 0.906. The maximum atomic E-state index is 12.2. The van der Waals surface area contributed by atoms with Crippen LogP contribution in [0.15, 0.2) is 48.5 Å². The minimum atomic E-state index is -0.0629. The number of nitrogens with one attached hydrogen (secondary N) is 2. The molecule has 1 atom stereocenters. The Balaban J connectivity index is 1.65. The van der Waals surface area contributed by atoms with Crippen molar-refractivity contribution >= 4 is 11.6 Å². The molecule has 2 aromatic carbocycles. The molecule has 0 bridgehead atoms. The zero-order valence-electron chi connectivity index (χ0n) is 12.9. The molecule has 1 aliphatic heterocycles. The number of benzene rings is 2. The molecule has 1 fully saturated rings. The van der Waals surface area contributed by atoms with E-state index in [2.05, 4.69) is 22.8 Å². The maximum absolute atomic E-state index is 12.2. The number of anilines is 1. The molecule has 3 nitrogen and oxygen atoms in total. The fourth-order valence-corrected chi connectivity index (χ4v) is 2.88. The molecule has 2 N–H and O–H groups in total. The Morgan fingerprint density at radius 1 is 1.09 bits per heavy atom.